The first-order valence-corrected chi connectivity index (χ1v) is 8.01. The van der Waals surface area contributed by atoms with Gasteiger partial charge in [-0.2, -0.15) is 0 Å². The van der Waals surface area contributed by atoms with Crippen molar-refractivity contribution < 1.29 is 0 Å². The Bertz CT molecular complexity index is 528. The lowest BCUT2D eigenvalue weighted by molar-refractivity contribution is 0.107. The number of aromatic nitrogens is 2. The summed E-state index contributed by atoms with van der Waals surface area (Å²) in [4.78, 5) is 5.82. The molecule has 3 rings (SSSR count). The molecule has 1 saturated carbocycles. The fourth-order valence-corrected chi connectivity index (χ4v) is 3.87. The van der Waals surface area contributed by atoms with E-state index in [1.54, 1.807) is 11.3 Å². The van der Waals surface area contributed by atoms with E-state index in [1.165, 1.54) is 31.4 Å². The SMILES string of the molecule is CC1(C)CCC(CN)(Cc2cn3ccsc3n2)CC1. The predicted molar refractivity (Wildman–Crippen MR) is 80.5 cm³/mol. The molecule has 1 fully saturated rings. The molecule has 1 aliphatic carbocycles. The standard InChI is InChI=1S/C15H23N3S/c1-14(2)3-5-15(11-16,6-4-14)9-12-10-18-7-8-19-13(18)17-12/h7-8,10H,3-6,9,11,16H2,1-2H3. The Morgan fingerprint density at radius 2 is 2.05 bits per heavy atom. The number of imidazole rings is 1. The van der Waals surface area contributed by atoms with Crippen LogP contribution in [-0.4, -0.2) is 15.9 Å². The van der Waals surface area contributed by atoms with Gasteiger partial charge in [0.25, 0.3) is 0 Å². The number of hydrogen-bond acceptors (Lipinski definition) is 3. The van der Waals surface area contributed by atoms with Crippen LogP contribution in [0.25, 0.3) is 4.96 Å². The average Bonchev–Trinajstić information content (AvgIpc) is 2.93. The number of thiazole rings is 1. The van der Waals surface area contributed by atoms with Gasteiger partial charge in [0.2, 0.25) is 0 Å². The van der Waals surface area contributed by atoms with Crippen molar-refractivity contribution in [2.45, 2.75) is 46.0 Å². The van der Waals surface area contributed by atoms with Gasteiger partial charge in [-0.15, -0.1) is 11.3 Å². The summed E-state index contributed by atoms with van der Waals surface area (Å²) in [7, 11) is 0. The van der Waals surface area contributed by atoms with Crippen molar-refractivity contribution >= 4 is 16.3 Å². The van der Waals surface area contributed by atoms with E-state index in [0.29, 0.717) is 5.41 Å². The second-order valence-corrected chi connectivity index (χ2v) is 7.74. The third-order valence-corrected chi connectivity index (χ3v) is 5.57. The van der Waals surface area contributed by atoms with Gasteiger partial charge in [0.05, 0.1) is 5.69 Å². The van der Waals surface area contributed by atoms with Crippen LogP contribution in [0.1, 0.15) is 45.2 Å². The molecule has 0 unspecified atom stereocenters. The van der Waals surface area contributed by atoms with Crippen LogP contribution in [0.3, 0.4) is 0 Å². The van der Waals surface area contributed by atoms with Gasteiger partial charge in [-0.05, 0) is 49.5 Å². The lowest BCUT2D eigenvalue weighted by Crippen LogP contribution is -2.39. The van der Waals surface area contributed by atoms with Gasteiger partial charge < -0.3 is 5.73 Å². The lowest BCUT2D eigenvalue weighted by Gasteiger charge is -2.43. The Hall–Kier alpha value is -0.870. The normalized spacial score (nSPS) is 21.8. The van der Waals surface area contributed by atoms with Crippen molar-refractivity contribution in [1.29, 1.82) is 0 Å². The highest BCUT2D eigenvalue weighted by Gasteiger charge is 2.37. The molecule has 0 aromatic carbocycles. The molecule has 19 heavy (non-hydrogen) atoms. The maximum absolute atomic E-state index is 6.11. The van der Waals surface area contributed by atoms with Crippen molar-refractivity contribution in [2.75, 3.05) is 6.54 Å². The first-order chi connectivity index (χ1) is 9.02. The predicted octanol–water partition coefficient (Wildman–Crippen LogP) is 3.48. The van der Waals surface area contributed by atoms with Crippen molar-refractivity contribution in [1.82, 2.24) is 9.38 Å². The molecule has 2 heterocycles. The Morgan fingerprint density at radius 3 is 2.68 bits per heavy atom. The van der Waals surface area contributed by atoms with Crippen LogP contribution >= 0.6 is 11.3 Å². The fourth-order valence-electron chi connectivity index (χ4n) is 3.16. The van der Waals surface area contributed by atoms with Crippen LogP contribution in [0.4, 0.5) is 0 Å². The molecule has 3 nitrogen and oxygen atoms in total. The zero-order valence-corrected chi connectivity index (χ0v) is 12.7. The third kappa shape index (κ3) is 2.56. The zero-order valence-electron chi connectivity index (χ0n) is 11.9. The van der Waals surface area contributed by atoms with Gasteiger partial charge in [-0.25, -0.2) is 4.98 Å². The second kappa shape index (κ2) is 4.60. The summed E-state index contributed by atoms with van der Waals surface area (Å²) in [6.45, 7) is 5.54. The maximum atomic E-state index is 6.11. The van der Waals surface area contributed by atoms with E-state index in [4.69, 9.17) is 10.7 Å². The summed E-state index contributed by atoms with van der Waals surface area (Å²) in [5, 5.41) is 2.08. The highest BCUT2D eigenvalue weighted by molar-refractivity contribution is 7.15. The fraction of sp³-hybridized carbons (Fsp3) is 0.667. The Labute approximate surface area is 118 Å². The smallest absolute Gasteiger partial charge is 0.193 e. The van der Waals surface area contributed by atoms with E-state index in [1.807, 2.05) is 0 Å². The van der Waals surface area contributed by atoms with Gasteiger partial charge in [-0.3, -0.25) is 4.40 Å². The van der Waals surface area contributed by atoms with E-state index in [2.05, 4.69) is 36.0 Å². The monoisotopic (exact) mass is 277 g/mol. The van der Waals surface area contributed by atoms with E-state index >= 15 is 0 Å². The van der Waals surface area contributed by atoms with Crippen molar-refractivity contribution in [2.24, 2.45) is 16.6 Å². The summed E-state index contributed by atoms with van der Waals surface area (Å²) in [5.74, 6) is 0. The minimum atomic E-state index is 0.277. The molecule has 2 aromatic rings. The summed E-state index contributed by atoms with van der Waals surface area (Å²) in [6.07, 6.45) is 10.3. The van der Waals surface area contributed by atoms with Crippen LogP contribution in [-0.2, 0) is 6.42 Å². The van der Waals surface area contributed by atoms with Crippen molar-refractivity contribution in [3.05, 3.63) is 23.5 Å². The van der Waals surface area contributed by atoms with Gasteiger partial charge in [-0.1, -0.05) is 13.8 Å². The molecule has 2 N–H and O–H groups in total. The van der Waals surface area contributed by atoms with Crippen molar-refractivity contribution in [3.63, 3.8) is 0 Å². The first-order valence-electron chi connectivity index (χ1n) is 7.13. The van der Waals surface area contributed by atoms with Crippen LogP contribution in [0.15, 0.2) is 17.8 Å². The molecule has 0 amide bonds. The molecule has 0 radical (unpaired) electrons. The number of fused-ring (bicyclic) bond motifs is 1. The number of hydrogen-bond donors (Lipinski definition) is 1. The summed E-state index contributed by atoms with van der Waals surface area (Å²) < 4.78 is 2.12. The molecule has 0 aliphatic heterocycles. The molecule has 0 spiro atoms. The molecule has 0 saturated heterocycles. The van der Waals surface area contributed by atoms with E-state index in [0.717, 1.165) is 17.9 Å². The van der Waals surface area contributed by atoms with Gasteiger partial charge in [0.15, 0.2) is 4.96 Å². The van der Waals surface area contributed by atoms with Crippen molar-refractivity contribution in [3.8, 4) is 0 Å². The minimum absolute atomic E-state index is 0.277. The molecular formula is C15H23N3S. The summed E-state index contributed by atoms with van der Waals surface area (Å²) in [6, 6.07) is 0. The van der Waals surface area contributed by atoms with E-state index < -0.39 is 0 Å². The van der Waals surface area contributed by atoms with Gasteiger partial charge in [0, 0.05) is 17.8 Å². The summed E-state index contributed by atoms with van der Waals surface area (Å²) >= 11 is 1.70. The Kier molecular flexibility index (Phi) is 3.18. The second-order valence-electron chi connectivity index (χ2n) is 6.87. The highest BCUT2D eigenvalue weighted by atomic mass is 32.1. The summed E-state index contributed by atoms with van der Waals surface area (Å²) in [5.41, 5.74) is 8.09. The van der Waals surface area contributed by atoms with Crippen LogP contribution < -0.4 is 5.73 Å². The molecule has 2 aromatic heterocycles. The minimum Gasteiger partial charge on any atom is -0.330 e. The van der Waals surface area contributed by atoms with E-state index in [-0.39, 0.29) is 5.41 Å². The molecule has 4 heteroatoms. The molecular weight excluding hydrogens is 254 g/mol. The average molecular weight is 277 g/mol. The van der Waals surface area contributed by atoms with Gasteiger partial charge in [0.1, 0.15) is 0 Å². The number of nitrogens with two attached hydrogens (primary N) is 1. The Balaban J connectivity index is 1.78. The topological polar surface area (TPSA) is 43.3 Å². The largest absolute Gasteiger partial charge is 0.330 e. The maximum Gasteiger partial charge on any atom is 0.193 e. The molecule has 0 atom stereocenters. The number of rotatable bonds is 3. The number of nitrogens with zero attached hydrogens (tertiary/aromatic N) is 2. The zero-order chi connectivity index (χ0) is 13.5. The van der Waals surface area contributed by atoms with Crippen LogP contribution in [0.2, 0.25) is 0 Å². The van der Waals surface area contributed by atoms with E-state index in [9.17, 15) is 0 Å². The molecule has 104 valence electrons. The highest BCUT2D eigenvalue weighted by Crippen LogP contribution is 2.46. The first kappa shape index (κ1) is 13.1. The molecule has 0 bridgehead atoms. The third-order valence-electron chi connectivity index (χ3n) is 4.80. The van der Waals surface area contributed by atoms with Crippen LogP contribution in [0, 0.1) is 10.8 Å². The lowest BCUT2D eigenvalue weighted by atomic mass is 9.63. The van der Waals surface area contributed by atoms with Crippen LogP contribution in [0.5, 0.6) is 0 Å². The van der Waals surface area contributed by atoms with Gasteiger partial charge >= 0.3 is 0 Å². The quantitative estimate of drug-likeness (QED) is 0.933. The molecule has 1 aliphatic rings. The Morgan fingerprint density at radius 1 is 1.32 bits per heavy atom.